The van der Waals surface area contributed by atoms with Gasteiger partial charge in [0.2, 0.25) is 0 Å². The van der Waals surface area contributed by atoms with Crippen LogP contribution >= 0.6 is 0 Å². The number of benzene rings is 1. The molecule has 0 atom stereocenters. The fourth-order valence-electron chi connectivity index (χ4n) is 2.39. The van der Waals surface area contributed by atoms with Crippen LogP contribution in [0.2, 0.25) is 0 Å². The van der Waals surface area contributed by atoms with E-state index in [-0.39, 0.29) is 11.7 Å². The van der Waals surface area contributed by atoms with Crippen molar-refractivity contribution in [3.05, 3.63) is 29.3 Å². The molecule has 0 aliphatic carbocycles. The number of rotatable bonds is 2. The molecule has 1 aromatic rings. The van der Waals surface area contributed by atoms with Crippen molar-refractivity contribution in [1.29, 1.82) is 0 Å². The molecule has 1 heterocycles. The second-order valence-corrected chi connectivity index (χ2v) is 5.66. The molecule has 0 unspecified atom stereocenters. The van der Waals surface area contributed by atoms with E-state index in [0.717, 1.165) is 0 Å². The normalized spacial score (nSPS) is 17.8. The molecule has 1 aliphatic rings. The van der Waals surface area contributed by atoms with E-state index in [1.54, 1.807) is 30.9 Å². The van der Waals surface area contributed by atoms with Gasteiger partial charge in [0.15, 0.2) is 0 Å². The lowest BCUT2D eigenvalue weighted by Crippen LogP contribution is -2.45. The van der Waals surface area contributed by atoms with Gasteiger partial charge in [0, 0.05) is 18.7 Å². The number of carboxylic acid groups (broad SMARTS) is 1. The zero-order chi connectivity index (χ0) is 14.9. The van der Waals surface area contributed by atoms with Gasteiger partial charge in [-0.15, -0.1) is 0 Å². The van der Waals surface area contributed by atoms with Gasteiger partial charge < -0.3 is 15.1 Å². The molecular formula is C15H19NO4. The van der Waals surface area contributed by atoms with E-state index in [1.807, 2.05) is 0 Å². The standard InChI is InChI=1S/C15H19NO4/c1-10-9-11(3-4-12(10)17)13(18)16-7-5-15(2,6-8-16)14(19)20/h3-4,9,17H,5-8H2,1-2H3,(H,19,20). The van der Waals surface area contributed by atoms with Gasteiger partial charge in [-0.2, -0.15) is 0 Å². The van der Waals surface area contributed by atoms with Gasteiger partial charge in [-0.05, 0) is 50.5 Å². The predicted octanol–water partition coefficient (Wildman–Crippen LogP) is 2.03. The van der Waals surface area contributed by atoms with Gasteiger partial charge >= 0.3 is 5.97 Å². The minimum atomic E-state index is -0.801. The summed E-state index contributed by atoms with van der Waals surface area (Å²) < 4.78 is 0. The van der Waals surface area contributed by atoms with E-state index in [4.69, 9.17) is 0 Å². The number of likely N-dealkylation sites (tertiary alicyclic amines) is 1. The number of phenols is 1. The predicted molar refractivity (Wildman–Crippen MR) is 73.7 cm³/mol. The molecule has 1 fully saturated rings. The Bertz CT molecular complexity index is 545. The number of piperidine rings is 1. The number of aryl methyl sites for hydroxylation is 1. The Morgan fingerprint density at radius 2 is 1.85 bits per heavy atom. The quantitative estimate of drug-likeness (QED) is 0.867. The number of phenolic OH excluding ortho intramolecular Hbond substituents is 1. The topological polar surface area (TPSA) is 77.8 Å². The third-order valence-electron chi connectivity index (χ3n) is 4.11. The Labute approximate surface area is 117 Å². The molecular weight excluding hydrogens is 258 g/mol. The van der Waals surface area contributed by atoms with Crippen LogP contribution in [0.5, 0.6) is 5.75 Å². The summed E-state index contributed by atoms with van der Waals surface area (Å²) in [5.41, 5.74) is 0.448. The number of carbonyl (C=O) groups excluding carboxylic acids is 1. The Kier molecular flexibility index (Phi) is 3.70. The monoisotopic (exact) mass is 277 g/mol. The van der Waals surface area contributed by atoms with Crippen LogP contribution in [-0.2, 0) is 4.79 Å². The van der Waals surface area contributed by atoms with E-state index in [0.29, 0.717) is 37.1 Å². The SMILES string of the molecule is Cc1cc(C(=O)N2CCC(C)(C(=O)O)CC2)ccc1O. The zero-order valence-corrected chi connectivity index (χ0v) is 11.7. The molecule has 20 heavy (non-hydrogen) atoms. The summed E-state index contributed by atoms with van der Waals surface area (Å²) in [6.07, 6.45) is 0.927. The highest BCUT2D eigenvalue weighted by Crippen LogP contribution is 2.31. The van der Waals surface area contributed by atoms with Gasteiger partial charge in [-0.25, -0.2) is 0 Å². The third kappa shape index (κ3) is 2.61. The van der Waals surface area contributed by atoms with Gasteiger partial charge in [-0.3, -0.25) is 9.59 Å². The highest BCUT2D eigenvalue weighted by Gasteiger charge is 2.38. The number of aliphatic carboxylic acids is 1. The van der Waals surface area contributed by atoms with E-state index >= 15 is 0 Å². The number of aromatic hydroxyl groups is 1. The van der Waals surface area contributed by atoms with Crippen molar-refractivity contribution in [3.63, 3.8) is 0 Å². The molecule has 2 N–H and O–H groups in total. The first-order valence-corrected chi connectivity index (χ1v) is 6.66. The van der Waals surface area contributed by atoms with Crippen LogP contribution in [0.25, 0.3) is 0 Å². The summed E-state index contributed by atoms with van der Waals surface area (Å²) >= 11 is 0. The minimum absolute atomic E-state index is 0.111. The second kappa shape index (κ2) is 5.15. The number of amides is 1. The summed E-state index contributed by atoms with van der Waals surface area (Å²) in [7, 11) is 0. The Morgan fingerprint density at radius 1 is 1.25 bits per heavy atom. The maximum atomic E-state index is 12.3. The van der Waals surface area contributed by atoms with E-state index in [9.17, 15) is 19.8 Å². The summed E-state index contributed by atoms with van der Waals surface area (Å²) in [5, 5.41) is 18.7. The van der Waals surface area contributed by atoms with Crippen molar-refractivity contribution in [2.75, 3.05) is 13.1 Å². The molecule has 1 saturated heterocycles. The van der Waals surface area contributed by atoms with Crippen molar-refractivity contribution >= 4 is 11.9 Å². The molecule has 0 radical (unpaired) electrons. The lowest BCUT2D eigenvalue weighted by Gasteiger charge is -2.36. The number of carboxylic acids is 1. The smallest absolute Gasteiger partial charge is 0.309 e. The highest BCUT2D eigenvalue weighted by molar-refractivity contribution is 5.94. The van der Waals surface area contributed by atoms with Crippen molar-refractivity contribution in [3.8, 4) is 5.75 Å². The summed E-state index contributed by atoms with van der Waals surface area (Å²) in [6.45, 7) is 4.36. The molecule has 0 saturated carbocycles. The van der Waals surface area contributed by atoms with Crippen molar-refractivity contribution in [2.45, 2.75) is 26.7 Å². The lowest BCUT2D eigenvalue weighted by molar-refractivity contribution is -0.150. The maximum absolute atomic E-state index is 12.3. The number of carbonyl (C=O) groups is 2. The average molecular weight is 277 g/mol. The number of hydrogen-bond donors (Lipinski definition) is 2. The molecule has 108 valence electrons. The fraction of sp³-hybridized carbons (Fsp3) is 0.467. The van der Waals surface area contributed by atoms with Crippen LogP contribution in [0.15, 0.2) is 18.2 Å². The maximum Gasteiger partial charge on any atom is 0.309 e. The van der Waals surface area contributed by atoms with Gasteiger partial charge in [0.25, 0.3) is 5.91 Å². The van der Waals surface area contributed by atoms with Crippen molar-refractivity contribution in [2.24, 2.45) is 5.41 Å². The molecule has 0 bridgehead atoms. The number of hydrogen-bond acceptors (Lipinski definition) is 3. The highest BCUT2D eigenvalue weighted by atomic mass is 16.4. The van der Waals surface area contributed by atoms with Crippen LogP contribution in [0.4, 0.5) is 0 Å². The Morgan fingerprint density at radius 3 is 2.35 bits per heavy atom. The van der Waals surface area contributed by atoms with Gasteiger partial charge in [0.1, 0.15) is 5.75 Å². The summed E-state index contributed by atoms with van der Waals surface area (Å²) in [5.74, 6) is -0.746. The summed E-state index contributed by atoms with van der Waals surface area (Å²) in [6, 6.07) is 4.76. The first-order valence-electron chi connectivity index (χ1n) is 6.66. The van der Waals surface area contributed by atoms with Gasteiger partial charge in [0.05, 0.1) is 5.41 Å². The first kappa shape index (κ1) is 14.4. The van der Waals surface area contributed by atoms with Crippen LogP contribution in [-0.4, -0.2) is 40.1 Å². The summed E-state index contributed by atoms with van der Waals surface area (Å²) in [4.78, 5) is 25.2. The Balaban J connectivity index is 2.08. The second-order valence-electron chi connectivity index (χ2n) is 5.66. The molecule has 1 aromatic carbocycles. The van der Waals surface area contributed by atoms with Crippen LogP contribution in [0, 0.1) is 12.3 Å². The number of nitrogens with zero attached hydrogens (tertiary/aromatic N) is 1. The van der Waals surface area contributed by atoms with E-state index < -0.39 is 11.4 Å². The zero-order valence-electron chi connectivity index (χ0n) is 11.7. The molecule has 1 amide bonds. The Hall–Kier alpha value is -2.04. The largest absolute Gasteiger partial charge is 0.508 e. The molecule has 0 spiro atoms. The molecule has 5 nitrogen and oxygen atoms in total. The van der Waals surface area contributed by atoms with Crippen LogP contribution in [0.3, 0.4) is 0 Å². The first-order chi connectivity index (χ1) is 9.33. The van der Waals surface area contributed by atoms with Crippen molar-refractivity contribution < 1.29 is 19.8 Å². The van der Waals surface area contributed by atoms with E-state index in [2.05, 4.69) is 0 Å². The molecule has 2 rings (SSSR count). The average Bonchev–Trinajstić information content (AvgIpc) is 2.42. The third-order valence-corrected chi connectivity index (χ3v) is 4.11. The molecule has 1 aliphatic heterocycles. The fourth-order valence-corrected chi connectivity index (χ4v) is 2.39. The van der Waals surface area contributed by atoms with E-state index in [1.165, 1.54) is 6.07 Å². The molecule has 5 heteroatoms. The minimum Gasteiger partial charge on any atom is -0.508 e. The van der Waals surface area contributed by atoms with Crippen LogP contribution in [0.1, 0.15) is 35.7 Å². The lowest BCUT2D eigenvalue weighted by atomic mass is 9.80. The van der Waals surface area contributed by atoms with Crippen LogP contribution < -0.4 is 0 Å². The van der Waals surface area contributed by atoms with Gasteiger partial charge in [-0.1, -0.05) is 0 Å². The molecule has 0 aromatic heterocycles. The van der Waals surface area contributed by atoms with Crippen molar-refractivity contribution in [1.82, 2.24) is 4.90 Å².